The van der Waals surface area contributed by atoms with Crippen molar-refractivity contribution in [3.63, 3.8) is 0 Å². The van der Waals surface area contributed by atoms with E-state index in [1.54, 1.807) is 0 Å². The fourth-order valence-electron chi connectivity index (χ4n) is 7.27. The van der Waals surface area contributed by atoms with Gasteiger partial charge in [-0.05, 0) is 57.8 Å². The third-order valence-electron chi connectivity index (χ3n) is 11.1. The fraction of sp³-hybridized carbons (Fsp3) is 0.830. The van der Waals surface area contributed by atoms with Gasteiger partial charge in [0, 0.05) is 19.3 Å². The number of hydrogen-bond donors (Lipinski definition) is 0. The normalized spacial score (nSPS) is 12.3. The molecular formula is C53H96O6. The minimum Gasteiger partial charge on any atom is -0.462 e. The van der Waals surface area contributed by atoms with Crippen LogP contribution >= 0.6 is 0 Å². The first-order valence-corrected chi connectivity index (χ1v) is 25.5. The van der Waals surface area contributed by atoms with E-state index in [-0.39, 0.29) is 31.1 Å². The van der Waals surface area contributed by atoms with Crippen LogP contribution in [0.4, 0.5) is 0 Å². The summed E-state index contributed by atoms with van der Waals surface area (Å²) in [6.45, 7) is 6.58. The topological polar surface area (TPSA) is 78.9 Å². The molecule has 0 aliphatic carbocycles. The molecular weight excluding hydrogens is 733 g/mol. The van der Waals surface area contributed by atoms with Gasteiger partial charge in [-0.2, -0.15) is 0 Å². The molecule has 1 unspecified atom stereocenters. The summed E-state index contributed by atoms with van der Waals surface area (Å²) in [4.78, 5) is 37.7. The molecule has 0 saturated heterocycles. The number of allylic oxidation sites excluding steroid dienone is 6. The zero-order valence-electron chi connectivity index (χ0n) is 39.3. The van der Waals surface area contributed by atoms with Crippen LogP contribution in [-0.4, -0.2) is 37.2 Å². The third kappa shape index (κ3) is 46.5. The van der Waals surface area contributed by atoms with E-state index in [2.05, 4.69) is 57.2 Å². The lowest BCUT2D eigenvalue weighted by atomic mass is 10.1. The predicted octanol–water partition coefficient (Wildman–Crippen LogP) is 16.5. The molecule has 6 heteroatoms. The molecule has 0 aromatic heterocycles. The number of ether oxygens (including phenoxy) is 3. The van der Waals surface area contributed by atoms with Gasteiger partial charge in [-0.1, -0.05) is 224 Å². The van der Waals surface area contributed by atoms with Crippen molar-refractivity contribution in [2.24, 2.45) is 0 Å². The highest BCUT2D eigenvalue weighted by Crippen LogP contribution is 2.15. The van der Waals surface area contributed by atoms with E-state index >= 15 is 0 Å². The van der Waals surface area contributed by atoms with Crippen molar-refractivity contribution in [2.75, 3.05) is 13.2 Å². The molecule has 0 N–H and O–H groups in total. The van der Waals surface area contributed by atoms with Crippen LogP contribution in [-0.2, 0) is 28.6 Å². The van der Waals surface area contributed by atoms with Gasteiger partial charge in [-0.3, -0.25) is 14.4 Å². The highest BCUT2D eigenvalue weighted by molar-refractivity contribution is 5.71. The summed E-state index contributed by atoms with van der Waals surface area (Å²) >= 11 is 0. The maximum Gasteiger partial charge on any atom is 0.306 e. The number of carbonyl (C=O) groups excluding carboxylic acids is 3. The lowest BCUT2D eigenvalue weighted by Gasteiger charge is -2.18. The highest BCUT2D eigenvalue weighted by atomic mass is 16.6. The summed E-state index contributed by atoms with van der Waals surface area (Å²) < 4.78 is 16.7. The average molecular weight is 829 g/mol. The number of carbonyl (C=O) groups is 3. The van der Waals surface area contributed by atoms with Gasteiger partial charge >= 0.3 is 17.9 Å². The van der Waals surface area contributed by atoms with Crippen LogP contribution in [0.2, 0.25) is 0 Å². The monoisotopic (exact) mass is 829 g/mol. The van der Waals surface area contributed by atoms with E-state index in [1.165, 1.54) is 148 Å². The van der Waals surface area contributed by atoms with Gasteiger partial charge in [-0.25, -0.2) is 0 Å². The Labute approximate surface area is 365 Å². The summed E-state index contributed by atoms with van der Waals surface area (Å²) in [7, 11) is 0. The van der Waals surface area contributed by atoms with E-state index in [9.17, 15) is 14.4 Å². The summed E-state index contributed by atoms with van der Waals surface area (Å²) in [5.41, 5.74) is 0. The van der Waals surface area contributed by atoms with Crippen LogP contribution in [0, 0.1) is 0 Å². The summed E-state index contributed by atoms with van der Waals surface area (Å²) in [5.74, 6) is -0.879. The summed E-state index contributed by atoms with van der Waals surface area (Å²) in [6.07, 6.45) is 55.7. The minimum absolute atomic E-state index is 0.0717. The number of rotatable bonds is 46. The maximum absolute atomic E-state index is 12.7. The van der Waals surface area contributed by atoms with Gasteiger partial charge in [0.1, 0.15) is 13.2 Å². The summed E-state index contributed by atoms with van der Waals surface area (Å²) in [5, 5.41) is 0. The number of esters is 3. The average Bonchev–Trinajstić information content (AvgIpc) is 3.23. The molecule has 0 rings (SSSR count). The number of hydrogen-bond acceptors (Lipinski definition) is 6. The largest absolute Gasteiger partial charge is 0.462 e. The molecule has 0 saturated carbocycles. The maximum atomic E-state index is 12.7. The van der Waals surface area contributed by atoms with Crippen molar-refractivity contribution >= 4 is 17.9 Å². The van der Waals surface area contributed by atoms with Crippen molar-refractivity contribution in [3.05, 3.63) is 36.5 Å². The minimum atomic E-state index is -0.767. The second kappa shape index (κ2) is 48.3. The smallest absolute Gasteiger partial charge is 0.306 e. The Morgan fingerprint density at radius 2 is 0.610 bits per heavy atom. The van der Waals surface area contributed by atoms with Gasteiger partial charge in [0.2, 0.25) is 0 Å². The van der Waals surface area contributed by atoms with E-state index < -0.39 is 6.10 Å². The Kier molecular flexibility index (Phi) is 46.4. The molecule has 0 amide bonds. The molecule has 344 valence electrons. The first-order chi connectivity index (χ1) is 29.0. The first kappa shape index (κ1) is 56.6. The second-order valence-electron chi connectivity index (χ2n) is 17.1. The first-order valence-electron chi connectivity index (χ1n) is 25.5. The Morgan fingerprint density at radius 1 is 0.339 bits per heavy atom. The molecule has 0 aromatic carbocycles. The molecule has 0 bridgehead atoms. The molecule has 0 heterocycles. The van der Waals surface area contributed by atoms with Crippen molar-refractivity contribution in [3.8, 4) is 0 Å². The molecule has 0 aliphatic rings. The molecule has 0 aromatic rings. The zero-order valence-corrected chi connectivity index (χ0v) is 39.3. The van der Waals surface area contributed by atoms with E-state index in [1.807, 2.05) is 0 Å². The van der Waals surface area contributed by atoms with Gasteiger partial charge in [0.25, 0.3) is 0 Å². The van der Waals surface area contributed by atoms with Crippen molar-refractivity contribution < 1.29 is 28.6 Å². The van der Waals surface area contributed by atoms with Crippen LogP contribution in [0.15, 0.2) is 36.5 Å². The van der Waals surface area contributed by atoms with Gasteiger partial charge < -0.3 is 14.2 Å². The Balaban J connectivity index is 4.17. The summed E-state index contributed by atoms with van der Waals surface area (Å²) in [6, 6.07) is 0. The lowest BCUT2D eigenvalue weighted by molar-refractivity contribution is -0.167. The predicted molar refractivity (Wildman–Crippen MR) is 252 cm³/mol. The van der Waals surface area contributed by atoms with Crippen LogP contribution in [0.25, 0.3) is 0 Å². The van der Waals surface area contributed by atoms with Gasteiger partial charge in [0.15, 0.2) is 6.10 Å². The Bertz CT molecular complexity index is 1000. The molecule has 0 aliphatic heterocycles. The zero-order chi connectivity index (χ0) is 43.0. The van der Waals surface area contributed by atoms with Crippen molar-refractivity contribution in [1.82, 2.24) is 0 Å². The highest BCUT2D eigenvalue weighted by Gasteiger charge is 2.19. The molecule has 59 heavy (non-hydrogen) atoms. The van der Waals surface area contributed by atoms with Crippen molar-refractivity contribution in [2.45, 2.75) is 271 Å². The van der Waals surface area contributed by atoms with Crippen LogP contribution in [0.3, 0.4) is 0 Å². The number of unbranched alkanes of at least 4 members (excludes halogenated alkanes) is 29. The molecule has 0 fully saturated rings. The van der Waals surface area contributed by atoms with E-state index in [0.29, 0.717) is 19.3 Å². The second-order valence-corrected chi connectivity index (χ2v) is 17.1. The molecule has 0 spiro atoms. The van der Waals surface area contributed by atoms with Gasteiger partial charge in [0.05, 0.1) is 0 Å². The van der Waals surface area contributed by atoms with Crippen molar-refractivity contribution in [1.29, 1.82) is 0 Å². The quantitative estimate of drug-likeness (QED) is 0.0263. The molecule has 6 nitrogen and oxygen atoms in total. The lowest BCUT2D eigenvalue weighted by Crippen LogP contribution is -2.30. The van der Waals surface area contributed by atoms with Gasteiger partial charge in [-0.15, -0.1) is 0 Å². The van der Waals surface area contributed by atoms with Crippen LogP contribution in [0.1, 0.15) is 265 Å². The fourth-order valence-corrected chi connectivity index (χ4v) is 7.27. The Hall–Kier alpha value is -2.37. The SMILES string of the molecule is CCCCCCC/C=C\C/C=C\C/C=C\CCCCCCCCCCC(=O)OCC(COC(=O)CCCCCCCCC)OC(=O)CCCCCCCCCCCCC. The van der Waals surface area contributed by atoms with Crippen LogP contribution < -0.4 is 0 Å². The standard InChI is InChI=1S/C53H96O6/c1-4-7-10-13-16-18-20-21-22-23-24-25-26-27-28-29-30-31-33-34-37-40-43-46-52(55)58-49-50(48-57-51(54)45-42-39-36-15-12-9-6-3)59-53(56)47-44-41-38-35-32-19-17-14-11-8-5-2/h20-21,23-24,26-27,50H,4-19,22,25,28-49H2,1-3H3/b21-20-,24-23-,27-26-. The third-order valence-corrected chi connectivity index (χ3v) is 11.1. The molecule has 1 atom stereocenters. The van der Waals surface area contributed by atoms with Crippen LogP contribution in [0.5, 0.6) is 0 Å². The van der Waals surface area contributed by atoms with E-state index in [4.69, 9.17) is 14.2 Å². The Morgan fingerprint density at radius 3 is 0.949 bits per heavy atom. The van der Waals surface area contributed by atoms with E-state index in [0.717, 1.165) is 77.0 Å². The molecule has 0 radical (unpaired) electrons.